The summed E-state index contributed by atoms with van der Waals surface area (Å²) in [4.78, 5) is 23.7. The number of fused-ring (bicyclic) bond motifs is 2. The number of carboxylic acid groups (broad SMARTS) is 1. The lowest BCUT2D eigenvalue weighted by atomic mass is 9.77. The number of rotatable bonds is 10. The highest BCUT2D eigenvalue weighted by atomic mass is 16.4. The van der Waals surface area contributed by atoms with E-state index in [1.807, 2.05) is 12.2 Å². The van der Waals surface area contributed by atoms with Crippen LogP contribution >= 0.6 is 0 Å². The van der Waals surface area contributed by atoms with Crippen molar-refractivity contribution < 1.29 is 14.7 Å². The fourth-order valence-electron chi connectivity index (χ4n) is 3.61. The highest BCUT2D eigenvalue weighted by Crippen LogP contribution is 2.51. The van der Waals surface area contributed by atoms with Gasteiger partial charge in [0, 0.05) is 0 Å². The van der Waals surface area contributed by atoms with Gasteiger partial charge in [-0.25, -0.2) is 0 Å². The molecule has 0 heterocycles. The number of aliphatic carboxylic acids is 1. The smallest absolute Gasteiger partial charge is 0.326 e. The van der Waals surface area contributed by atoms with E-state index in [4.69, 9.17) is 0 Å². The number of carboxylic acids is 1. The Morgan fingerprint density at radius 1 is 1.05 bits per heavy atom. The number of carbonyl (C=O) groups is 2. The van der Waals surface area contributed by atoms with E-state index in [2.05, 4.69) is 6.92 Å². The van der Waals surface area contributed by atoms with Gasteiger partial charge in [0.1, 0.15) is 0 Å². The SMILES string of the molecule is CCCCCCCCCC1=C2C=CC(=C1)C2(C(C)=O)C(=O)O. The van der Waals surface area contributed by atoms with E-state index < -0.39 is 11.4 Å². The highest BCUT2D eigenvalue weighted by molar-refractivity contribution is 6.12. The first-order valence-electron chi connectivity index (χ1n) is 8.43. The van der Waals surface area contributed by atoms with E-state index in [0.29, 0.717) is 11.1 Å². The molecular formula is C19H26O3. The van der Waals surface area contributed by atoms with Gasteiger partial charge in [-0.3, -0.25) is 9.59 Å². The minimum Gasteiger partial charge on any atom is -0.480 e. The van der Waals surface area contributed by atoms with Gasteiger partial charge in [-0.15, -0.1) is 0 Å². The molecule has 0 spiro atoms. The first kappa shape index (κ1) is 16.7. The summed E-state index contributed by atoms with van der Waals surface area (Å²) in [6.07, 6.45) is 15.0. The summed E-state index contributed by atoms with van der Waals surface area (Å²) in [6, 6.07) is 0. The molecule has 0 amide bonds. The van der Waals surface area contributed by atoms with E-state index in [1.165, 1.54) is 45.4 Å². The first-order valence-corrected chi connectivity index (χ1v) is 8.43. The monoisotopic (exact) mass is 302 g/mol. The molecule has 2 rings (SSSR count). The lowest BCUT2D eigenvalue weighted by Gasteiger charge is -2.21. The molecule has 1 atom stereocenters. The van der Waals surface area contributed by atoms with Crippen molar-refractivity contribution in [1.82, 2.24) is 0 Å². The van der Waals surface area contributed by atoms with Crippen LogP contribution in [-0.2, 0) is 9.59 Å². The Bertz CT molecular complexity index is 535. The van der Waals surface area contributed by atoms with Crippen molar-refractivity contribution in [2.75, 3.05) is 0 Å². The Morgan fingerprint density at radius 2 is 1.68 bits per heavy atom. The molecule has 0 saturated carbocycles. The number of Topliss-reactive ketones (excluding diaryl/α,β-unsaturated/α-hetero) is 1. The Labute approximate surface area is 132 Å². The van der Waals surface area contributed by atoms with Gasteiger partial charge >= 0.3 is 5.97 Å². The van der Waals surface area contributed by atoms with Crippen molar-refractivity contribution >= 4 is 11.8 Å². The summed E-state index contributed by atoms with van der Waals surface area (Å²) < 4.78 is 0. The van der Waals surface area contributed by atoms with Crippen molar-refractivity contribution in [1.29, 1.82) is 0 Å². The third-order valence-corrected chi connectivity index (χ3v) is 4.84. The molecular weight excluding hydrogens is 276 g/mol. The third-order valence-electron chi connectivity index (χ3n) is 4.84. The summed E-state index contributed by atoms with van der Waals surface area (Å²) in [7, 11) is 0. The average Bonchev–Trinajstić information content (AvgIpc) is 3.00. The summed E-state index contributed by atoms with van der Waals surface area (Å²) in [5.74, 6) is -1.33. The van der Waals surface area contributed by atoms with E-state index in [0.717, 1.165) is 18.4 Å². The molecule has 2 aliphatic carbocycles. The van der Waals surface area contributed by atoms with Gasteiger partial charge in [0.05, 0.1) is 0 Å². The Morgan fingerprint density at radius 3 is 2.23 bits per heavy atom. The predicted octanol–water partition coefficient (Wildman–Crippen LogP) is 4.59. The largest absolute Gasteiger partial charge is 0.480 e. The molecule has 2 aliphatic rings. The van der Waals surface area contributed by atoms with Crippen molar-refractivity contribution in [3.05, 3.63) is 34.9 Å². The minimum absolute atomic E-state index is 0.291. The van der Waals surface area contributed by atoms with Gasteiger partial charge in [-0.2, -0.15) is 0 Å². The van der Waals surface area contributed by atoms with Crippen LogP contribution in [0.2, 0.25) is 0 Å². The lowest BCUT2D eigenvalue weighted by Crippen LogP contribution is -2.37. The fraction of sp³-hybridized carbons (Fsp3) is 0.579. The number of unbranched alkanes of at least 4 members (excludes halogenated alkanes) is 6. The molecule has 1 unspecified atom stereocenters. The van der Waals surface area contributed by atoms with Gasteiger partial charge in [0.2, 0.25) is 0 Å². The van der Waals surface area contributed by atoms with E-state index >= 15 is 0 Å². The van der Waals surface area contributed by atoms with Crippen molar-refractivity contribution in [3.63, 3.8) is 0 Å². The topological polar surface area (TPSA) is 54.4 Å². The standard InChI is InChI=1S/C19H26O3/c1-3-4-5-6-7-8-9-10-15-13-16-11-12-17(15)19(16,14(2)20)18(21)22/h11-13H,3-10H2,1-2H3,(H,21,22). The molecule has 0 fully saturated rings. The first-order chi connectivity index (χ1) is 10.5. The average molecular weight is 302 g/mol. The number of ketones is 1. The molecule has 120 valence electrons. The van der Waals surface area contributed by atoms with Crippen LogP contribution in [0, 0.1) is 5.41 Å². The van der Waals surface area contributed by atoms with Crippen LogP contribution in [-0.4, -0.2) is 16.9 Å². The molecule has 0 saturated heterocycles. The zero-order valence-corrected chi connectivity index (χ0v) is 13.7. The number of allylic oxidation sites excluding steroid dienone is 4. The maximum atomic E-state index is 12.0. The van der Waals surface area contributed by atoms with Crippen LogP contribution in [0.4, 0.5) is 0 Å². The maximum Gasteiger partial charge on any atom is 0.326 e. The zero-order valence-electron chi connectivity index (χ0n) is 13.7. The molecule has 0 aromatic rings. The summed E-state index contributed by atoms with van der Waals surface area (Å²) in [5.41, 5.74) is 0.980. The molecule has 3 nitrogen and oxygen atoms in total. The van der Waals surface area contributed by atoms with Gasteiger partial charge < -0.3 is 5.11 Å². The molecule has 0 aromatic heterocycles. The van der Waals surface area contributed by atoms with Crippen LogP contribution in [0.1, 0.15) is 65.2 Å². The molecule has 0 aromatic carbocycles. The van der Waals surface area contributed by atoms with Crippen molar-refractivity contribution in [2.24, 2.45) is 5.41 Å². The number of carbonyl (C=O) groups excluding carboxylic acids is 1. The molecule has 1 N–H and O–H groups in total. The Kier molecular flexibility index (Phi) is 5.38. The van der Waals surface area contributed by atoms with Crippen LogP contribution < -0.4 is 0 Å². The minimum atomic E-state index is -1.41. The highest BCUT2D eigenvalue weighted by Gasteiger charge is 2.54. The van der Waals surface area contributed by atoms with Crippen LogP contribution in [0.15, 0.2) is 34.9 Å². The normalized spacial score (nSPS) is 22.4. The van der Waals surface area contributed by atoms with E-state index in [-0.39, 0.29) is 5.78 Å². The van der Waals surface area contributed by atoms with Gasteiger partial charge in [-0.1, -0.05) is 63.7 Å². The van der Waals surface area contributed by atoms with Crippen LogP contribution in [0.3, 0.4) is 0 Å². The number of hydrogen-bond acceptors (Lipinski definition) is 2. The van der Waals surface area contributed by atoms with Gasteiger partial charge in [0.25, 0.3) is 0 Å². The second-order valence-electron chi connectivity index (χ2n) is 6.35. The lowest BCUT2D eigenvalue weighted by molar-refractivity contribution is -0.148. The van der Waals surface area contributed by atoms with Crippen LogP contribution in [0.5, 0.6) is 0 Å². The Balaban J connectivity index is 1.93. The summed E-state index contributed by atoms with van der Waals surface area (Å²) in [5, 5.41) is 9.59. The Hall–Kier alpha value is -1.64. The van der Waals surface area contributed by atoms with E-state index in [9.17, 15) is 14.7 Å². The maximum absolute atomic E-state index is 12.0. The molecule has 3 heteroatoms. The molecule has 22 heavy (non-hydrogen) atoms. The van der Waals surface area contributed by atoms with E-state index in [1.54, 1.807) is 6.08 Å². The third kappa shape index (κ3) is 2.81. The van der Waals surface area contributed by atoms with Gasteiger partial charge in [-0.05, 0) is 36.5 Å². The quantitative estimate of drug-likeness (QED) is 0.474. The van der Waals surface area contributed by atoms with Gasteiger partial charge in [0.15, 0.2) is 11.2 Å². The van der Waals surface area contributed by atoms with Crippen LogP contribution in [0.25, 0.3) is 0 Å². The molecule has 2 bridgehead atoms. The second kappa shape index (κ2) is 7.08. The van der Waals surface area contributed by atoms with Crippen molar-refractivity contribution in [2.45, 2.75) is 65.2 Å². The van der Waals surface area contributed by atoms with Crippen molar-refractivity contribution in [3.8, 4) is 0 Å². The zero-order chi connectivity index (χ0) is 16.2. The molecule has 0 aliphatic heterocycles. The second-order valence-corrected chi connectivity index (χ2v) is 6.35. The summed E-state index contributed by atoms with van der Waals surface area (Å²) in [6.45, 7) is 3.60. The predicted molar refractivity (Wildman–Crippen MR) is 87.6 cm³/mol. The summed E-state index contributed by atoms with van der Waals surface area (Å²) >= 11 is 0. The number of hydrogen-bond donors (Lipinski definition) is 1. The fourth-order valence-corrected chi connectivity index (χ4v) is 3.61. The molecule has 0 radical (unpaired) electrons.